The summed E-state index contributed by atoms with van der Waals surface area (Å²) in [6, 6.07) is 11.1. The third-order valence-electron chi connectivity index (χ3n) is 3.56. The molecule has 1 fully saturated rings. The number of carbonyl (C=O) groups is 1. The number of rotatable bonds is 2. The van der Waals surface area contributed by atoms with Crippen LogP contribution in [0.5, 0.6) is 0 Å². The normalized spacial score (nSPS) is 23.2. The van der Waals surface area contributed by atoms with Gasteiger partial charge in [-0.1, -0.05) is 30.3 Å². The van der Waals surface area contributed by atoms with Gasteiger partial charge in [-0.3, -0.25) is 0 Å². The van der Waals surface area contributed by atoms with Gasteiger partial charge in [0.15, 0.2) is 0 Å². The Morgan fingerprint density at radius 3 is 2.68 bits per heavy atom. The lowest BCUT2D eigenvalue weighted by molar-refractivity contribution is 0.122. The molecule has 0 radical (unpaired) electrons. The molecule has 2 amide bonds. The molecule has 4 nitrogen and oxygen atoms in total. The van der Waals surface area contributed by atoms with E-state index in [0.29, 0.717) is 6.04 Å². The van der Waals surface area contributed by atoms with Crippen LogP contribution in [0.2, 0.25) is 0 Å². The summed E-state index contributed by atoms with van der Waals surface area (Å²) in [5, 5.41) is 3.46. The molecule has 1 saturated heterocycles. The van der Waals surface area contributed by atoms with Gasteiger partial charge < -0.3 is 15.1 Å². The highest BCUT2D eigenvalue weighted by atomic mass is 16.2. The maximum atomic E-state index is 12.3. The summed E-state index contributed by atoms with van der Waals surface area (Å²) < 4.78 is 0. The molecule has 1 aromatic carbocycles. The summed E-state index contributed by atoms with van der Waals surface area (Å²) in [5.74, 6) is 0. The fourth-order valence-electron chi connectivity index (χ4n) is 2.52. The lowest BCUT2D eigenvalue weighted by Crippen LogP contribution is -2.60. The molecule has 1 aliphatic heterocycles. The van der Waals surface area contributed by atoms with Gasteiger partial charge in [0.25, 0.3) is 0 Å². The highest BCUT2D eigenvalue weighted by Crippen LogP contribution is 2.14. The Labute approximate surface area is 115 Å². The minimum absolute atomic E-state index is 0.106. The molecule has 0 saturated carbocycles. The van der Waals surface area contributed by atoms with Crippen molar-refractivity contribution in [2.75, 3.05) is 27.2 Å². The van der Waals surface area contributed by atoms with Gasteiger partial charge in [-0.15, -0.1) is 0 Å². The first-order valence-electron chi connectivity index (χ1n) is 6.83. The monoisotopic (exact) mass is 261 g/mol. The molecular formula is C15H23N3O. The van der Waals surface area contributed by atoms with Gasteiger partial charge in [0, 0.05) is 39.3 Å². The third-order valence-corrected chi connectivity index (χ3v) is 3.56. The zero-order chi connectivity index (χ0) is 13.8. The number of nitrogens with one attached hydrogen (secondary N) is 1. The quantitative estimate of drug-likeness (QED) is 0.877. The first-order valence-corrected chi connectivity index (χ1v) is 6.83. The van der Waals surface area contributed by atoms with Crippen LogP contribution in [0, 0.1) is 0 Å². The summed E-state index contributed by atoms with van der Waals surface area (Å²) >= 11 is 0. The van der Waals surface area contributed by atoms with Gasteiger partial charge in [0.05, 0.1) is 0 Å². The lowest BCUT2D eigenvalue weighted by Gasteiger charge is -2.40. The van der Waals surface area contributed by atoms with Crippen LogP contribution >= 0.6 is 0 Å². The van der Waals surface area contributed by atoms with Gasteiger partial charge >= 0.3 is 6.03 Å². The molecule has 104 valence electrons. The van der Waals surface area contributed by atoms with E-state index in [-0.39, 0.29) is 12.1 Å². The molecule has 2 rings (SSSR count). The molecule has 1 N–H and O–H groups in total. The van der Waals surface area contributed by atoms with Gasteiger partial charge in [-0.05, 0) is 18.9 Å². The van der Waals surface area contributed by atoms with Crippen molar-refractivity contribution in [1.82, 2.24) is 15.1 Å². The van der Waals surface area contributed by atoms with Crippen LogP contribution in [0.15, 0.2) is 30.3 Å². The molecule has 1 aromatic rings. The molecule has 2 atom stereocenters. The van der Waals surface area contributed by atoms with Crippen molar-refractivity contribution in [3.05, 3.63) is 35.9 Å². The zero-order valence-corrected chi connectivity index (χ0v) is 12.0. The van der Waals surface area contributed by atoms with E-state index in [1.807, 2.05) is 37.2 Å². The van der Waals surface area contributed by atoms with Crippen molar-refractivity contribution >= 4 is 6.03 Å². The van der Waals surface area contributed by atoms with Crippen molar-refractivity contribution in [3.8, 4) is 0 Å². The van der Waals surface area contributed by atoms with E-state index in [0.717, 1.165) is 19.5 Å². The zero-order valence-electron chi connectivity index (χ0n) is 12.0. The summed E-state index contributed by atoms with van der Waals surface area (Å²) in [4.78, 5) is 15.9. The number of carbonyl (C=O) groups excluding carboxylic acids is 1. The van der Waals surface area contributed by atoms with E-state index in [4.69, 9.17) is 0 Å². The van der Waals surface area contributed by atoms with Crippen molar-refractivity contribution in [3.63, 3.8) is 0 Å². The SMILES string of the molecule is CC1CN(C(=O)N(C)C)C(Cc2ccccc2)CN1. The Hall–Kier alpha value is -1.55. The van der Waals surface area contributed by atoms with Crippen molar-refractivity contribution in [2.45, 2.75) is 25.4 Å². The first kappa shape index (κ1) is 13.9. The number of piperazine rings is 1. The number of benzene rings is 1. The van der Waals surface area contributed by atoms with Gasteiger partial charge in [-0.2, -0.15) is 0 Å². The number of nitrogens with zero attached hydrogens (tertiary/aromatic N) is 2. The predicted octanol–water partition coefficient (Wildman–Crippen LogP) is 1.57. The van der Waals surface area contributed by atoms with E-state index >= 15 is 0 Å². The van der Waals surface area contributed by atoms with Crippen molar-refractivity contribution in [1.29, 1.82) is 0 Å². The molecule has 4 heteroatoms. The maximum Gasteiger partial charge on any atom is 0.319 e. The standard InChI is InChI=1S/C15H23N3O/c1-12-11-18(15(19)17(2)3)14(10-16-12)9-13-7-5-4-6-8-13/h4-8,12,14,16H,9-11H2,1-3H3. The minimum atomic E-state index is 0.106. The van der Waals surface area contributed by atoms with Crippen LogP contribution in [0.25, 0.3) is 0 Å². The molecule has 0 aromatic heterocycles. The van der Waals surface area contributed by atoms with E-state index in [1.54, 1.807) is 4.90 Å². The Morgan fingerprint density at radius 2 is 2.05 bits per heavy atom. The summed E-state index contributed by atoms with van der Waals surface area (Å²) in [6.07, 6.45) is 0.903. The molecular weight excluding hydrogens is 238 g/mol. The molecule has 0 spiro atoms. The van der Waals surface area contributed by atoms with Crippen LogP contribution in [0.3, 0.4) is 0 Å². The number of urea groups is 1. The van der Waals surface area contributed by atoms with E-state index in [9.17, 15) is 4.79 Å². The Bertz CT molecular complexity index is 419. The first-order chi connectivity index (χ1) is 9.08. The second-order valence-electron chi connectivity index (χ2n) is 5.48. The molecule has 0 bridgehead atoms. The Kier molecular flexibility index (Phi) is 4.43. The molecule has 2 unspecified atom stereocenters. The van der Waals surface area contributed by atoms with Crippen molar-refractivity contribution in [2.24, 2.45) is 0 Å². The minimum Gasteiger partial charge on any atom is -0.331 e. The van der Waals surface area contributed by atoms with Gasteiger partial charge in [-0.25, -0.2) is 4.79 Å². The fraction of sp³-hybridized carbons (Fsp3) is 0.533. The molecule has 19 heavy (non-hydrogen) atoms. The smallest absolute Gasteiger partial charge is 0.319 e. The molecule has 1 heterocycles. The molecule has 1 aliphatic rings. The Morgan fingerprint density at radius 1 is 1.37 bits per heavy atom. The highest BCUT2D eigenvalue weighted by molar-refractivity contribution is 5.74. The topological polar surface area (TPSA) is 35.6 Å². The van der Waals surface area contributed by atoms with Crippen LogP contribution in [0.1, 0.15) is 12.5 Å². The fourth-order valence-corrected chi connectivity index (χ4v) is 2.52. The largest absolute Gasteiger partial charge is 0.331 e. The van der Waals surface area contributed by atoms with Gasteiger partial charge in [0.1, 0.15) is 0 Å². The average molecular weight is 261 g/mol. The average Bonchev–Trinajstić information content (AvgIpc) is 2.41. The Balaban J connectivity index is 2.10. The number of amides is 2. The van der Waals surface area contributed by atoms with E-state index < -0.39 is 0 Å². The van der Waals surface area contributed by atoms with Gasteiger partial charge in [0.2, 0.25) is 0 Å². The summed E-state index contributed by atoms with van der Waals surface area (Å²) in [5.41, 5.74) is 1.28. The summed E-state index contributed by atoms with van der Waals surface area (Å²) in [6.45, 7) is 3.75. The van der Waals surface area contributed by atoms with Crippen LogP contribution in [-0.4, -0.2) is 55.1 Å². The second-order valence-corrected chi connectivity index (χ2v) is 5.48. The lowest BCUT2D eigenvalue weighted by atomic mass is 10.0. The van der Waals surface area contributed by atoms with Crippen molar-refractivity contribution < 1.29 is 4.79 Å². The molecule has 0 aliphatic carbocycles. The maximum absolute atomic E-state index is 12.3. The second kappa shape index (κ2) is 6.06. The van der Waals surface area contributed by atoms with Crippen LogP contribution < -0.4 is 5.32 Å². The van der Waals surface area contributed by atoms with Crippen LogP contribution in [0.4, 0.5) is 4.79 Å². The number of hydrogen-bond donors (Lipinski definition) is 1. The van der Waals surface area contributed by atoms with E-state index in [2.05, 4.69) is 24.4 Å². The van der Waals surface area contributed by atoms with Crippen LogP contribution in [-0.2, 0) is 6.42 Å². The third kappa shape index (κ3) is 3.47. The predicted molar refractivity (Wildman–Crippen MR) is 77.2 cm³/mol. The van der Waals surface area contributed by atoms with E-state index in [1.165, 1.54) is 5.56 Å². The highest BCUT2D eigenvalue weighted by Gasteiger charge is 2.30. The summed E-state index contributed by atoms with van der Waals surface area (Å²) in [7, 11) is 3.63. The number of hydrogen-bond acceptors (Lipinski definition) is 2.